The monoisotopic (exact) mass is 325 g/mol. The molecule has 1 N–H and O–H groups in total. The zero-order chi connectivity index (χ0) is 16.9. The van der Waals surface area contributed by atoms with E-state index in [4.69, 9.17) is 4.98 Å². The number of pyridine rings is 1. The summed E-state index contributed by atoms with van der Waals surface area (Å²) in [6.07, 6.45) is 3.54. The highest BCUT2D eigenvalue weighted by molar-refractivity contribution is 5.86. The van der Waals surface area contributed by atoms with E-state index in [-0.39, 0.29) is 11.7 Å². The first-order valence-electron chi connectivity index (χ1n) is 8.08. The number of hydrogen-bond acceptors (Lipinski definition) is 3. The molecule has 1 amide bonds. The van der Waals surface area contributed by atoms with Gasteiger partial charge in [-0.2, -0.15) is 0 Å². The van der Waals surface area contributed by atoms with Crippen LogP contribution in [0.1, 0.15) is 18.4 Å². The smallest absolute Gasteiger partial charge is 0.243 e. The van der Waals surface area contributed by atoms with Crippen molar-refractivity contribution in [1.82, 2.24) is 10.3 Å². The van der Waals surface area contributed by atoms with Crippen molar-refractivity contribution in [2.45, 2.75) is 19.4 Å². The number of hydrogen-bond donors (Lipinski definition) is 1. The summed E-state index contributed by atoms with van der Waals surface area (Å²) >= 11 is 0. The molecule has 0 radical (unpaired) electrons. The molecule has 5 heteroatoms. The van der Waals surface area contributed by atoms with E-state index in [1.54, 1.807) is 12.1 Å². The highest BCUT2D eigenvalue weighted by Gasteiger charge is 2.18. The maximum absolute atomic E-state index is 13.1. The van der Waals surface area contributed by atoms with Crippen molar-refractivity contribution in [3.63, 3.8) is 0 Å². The maximum Gasteiger partial charge on any atom is 0.243 e. The molecule has 124 valence electrons. The number of carbonyl (C=O) groups excluding carboxylic acids is 1. The number of halogens is 1. The van der Waals surface area contributed by atoms with Crippen LogP contribution in [-0.2, 0) is 11.3 Å². The number of amides is 1. The first kappa shape index (κ1) is 16.2. The standard InChI is InChI=1S/C19H20FN3O/c1-2-18(24)21-13-15-7-10-17(14-5-8-16(20)9-6-14)22-19(15)23-11-3-4-12-23/h2,5-10H,1,3-4,11-13H2,(H,21,24). The summed E-state index contributed by atoms with van der Waals surface area (Å²) < 4.78 is 13.1. The van der Waals surface area contributed by atoms with Crippen LogP contribution in [0.15, 0.2) is 49.1 Å². The third kappa shape index (κ3) is 3.62. The van der Waals surface area contributed by atoms with E-state index in [1.165, 1.54) is 18.2 Å². The lowest BCUT2D eigenvalue weighted by atomic mass is 10.1. The van der Waals surface area contributed by atoms with Gasteiger partial charge >= 0.3 is 0 Å². The van der Waals surface area contributed by atoms with Crippen LogP contribution in [-0.4, -0.2) is 24.0 Å². The van der Waals surface area contributed by atoms with Gasteiger partial charge in [0.25, 0.3) is 0 Å². The Morgan fingerprint density at radius 2 is 1.92 bits per heavy atom. The van der Waals surface area contributed by atoms with Crippen LogP contribution in [0.4, 0.5) is 10.2 Å². The molecule has 0 aliphatic carbocycles. The molecule has 1 aromatic heterocycles. The summed E-state index contributed by atoms with van der Waals surface area (Å²) in [6, 6.07) is 10.2. The minimum atomic E-state index is -0.262. The van der Waals surface area contributed by atoms with E-state index in [9.17, 15) is 9.18 Å². The van der Waals surface area contributed by atoms with Gasteiger partial charge < -0.3 is 10.2 Å². The van der Waals surface area contributed by atoms with Crippen LogP contribution in [0.2, 0.25) is 0 Å². The Labute approximate surface area is 141 Å². The zero-order valence-corrected chi connectivity index (χ0v) is 13.5. The van der Waals surface area contributed by atoms with Crippen LogP contribution < -0.4 is 10.2 Å². The normalized spacial score (nSPS) is 13.8. The van der Waals surface area contributed by atoms with Gasteiger partial charge in [-0.3, -0.25) is 4.79 Å². The van der Waals surface area contributed by atoms with Crippen molar-refractivity contribution in [2.75, 3.05) is 18.0 Å². The van der Waals surface area contributed by atoms with Gasteiger partial charge in [-0.05, 0) is 49.2 Å². The number of anilines is 1. The lowest BCUT2D eigenvalue weighted by molar-refractivity contribution is -0.116. The Morgan fingerprint density at radius 3 is 2.58 bits per heavy atom. The molecule has 3 rings (SSSR count). The molecule has 2 heterocycles. The Hall–Kier alpha value is -2.69. The highest BCUT2D eigenvalue weighted by atomic mass is 19.1. The SMILES string of the molecule is C=CC(=O)NCc1ccc(-c2ccc(F)cc2)nc1N1CCCC1. The fourth-order valence-corrected chi connectivity index (χ4v) is 2.85. The predicted octanol–water partition coefficient (Wildman–Crippen LogP) is 3.29. The van der Waals surface area contributed by atoms with Crippen molar-refractivity contribution in [3.05, 3.63) is 60.4 Å². The fraction of sp³-hybridized carbons (Fsp3) is 0.263. The number of benzene rings is 1. The number of rotatable bonds is 5. The van der Waals surface area contributed by atoms with Crippen molar-refractivity contribution in [2.24, 2.45) is 0 Å². The molecule has 4 nitrogen and oxygen atoms in total. The Kier molecular flexibility index (Phi) is 4.89. The quantitative estimate of drug-likeness (QED) is 0.858. The summed E-state index contributed by atoms with van der Waals surface area (Å²) in [6.45, 7) is 5.80. The summed E-state index contributed by atoms with van der Waals surface area (Å²) in [5.41, 5.74) is 2.65. The Balaban J connectivity index is 1.92. The molecule has 1 fully saturated rings. The number of aromatic nitrogens is 1. The maximum atomic E-state index is 13.1. The second kappa shape index (κ2) is 7.25. The lowest BCUT2D eigenvalue weighted by Crippen LogP contribution is -2.25. The van der Waals surface area contributed by atoms with E-state index in [1.807, 2.05) is 12.1 Å². The van der Waals surface area contributed by atoms with Crippen LogP contribution in [0, 0.1) is 5.82 Å². The highest BCUT2D eigenvalue weighted by Crippen LogP contribution is 2.27. The lowest BCUT2D eigenvalue weighted by Gasteiger charge is -2.21. The summed E-state index contributed by atoms with van der Waals surface area (Å²) in [7, 11) is 0. The second-order valence-electron chi connectivity index (χ2n) is 5.80. The Morgan fingerprint density at radius 1 is 1.21 bits per heavy atom. The number of carbonyl (C=O) groups is 1. The second-order valence-corrected chi connectivity index (χ2v) is 5.80. The van der Waals surface area contributed by atoms with E-state index in [0.29, 0.717) is 6.54 Å². The van der Waals surface area contributed by atoms with Gasteiger partial charge in [0.1, 0.15) is 11.6 Å². The number of nitrogens with zero attached hydrogens (tertiary/aromatic N) is 2. The summed E-state index contributed by atoms with van der Waals surface area (Å²) in [5.74, 6) is 0.422. The molecule has 1 saturated heterocycles. The average Bonchev–Trinajstić information content (AvgIpc) is 3.14. The van der Waals surface area contributed by atoms with Gasteiger partial charge in [0, 0.05) is 30.8 Å². The van der Waals surface area contributed by atoms with Gasteiger partial charge in [0.2, 0.25) is 5.91 Å². The molecule has 0 atom stereocenters. The molecule has 1 aromatic carbocycles. The Bertz CT molecular complexity index is 737. The van der Waals surface area contributed by atoms with Gasteiger partial charge in [-0.25, -0.2) is 9.37 Å². The minimum absolute atomic E-state index is 0.204. The van der Waals surface area contributed by atoms with E-state index >= 15 is 0 Å². The van der Waals surface area contributed by atoms with E-state index in [0.717, 1.165) is 48.6 Å². The average molecular weight is 325 g/mol. The van der Waals surface area contributed by atoms with Crippen LogP contribution in [0.5, 0.6) is 0 Å². The molecule has 1 aliphatic heterocycles. The van der Waals surface area contributed by atoms with Crippen LogP contribution >= 0.6 is 0 Å². The topological polar surface area (TPSA) is 45.2 Å². The van der Waals surface area contributed by atoms with Crippen molar-refractivity contribution >= 4 is 11.7 Å². The van der Waals surface area contributed by atoms with Crippen molar-refractivity contribution < 1.29 is 9.18 Å². The summed E-state index contributed by atoms with van der Waals surface area (Å²) in [5, 5.41) is 2.81. The molecule has 1 aliphatic rings. The first-order chi connectivity index (χ1) is 11.7. The minimum Gasteiger partial charge on any atom is -0.356 e. The van der Waals surface area contributed by atoms with E-state index < -0.39 is 0 Å². The van der Waals surface area contributed by atoms with E-state index in [2.05, 4.69) is 16.8 Å². The third-order valence-electron chi connectivity index (χ3n) is 4.14. The molecule has 0 bridgehead atoms. The predicted molar refractivity (Wildman–Crippen MR) is 93.1 cm³/mol. The van der Waals surface area contributed by atoms with Gasteiger partial charge in [0.05, 0.1) is 5.69 Å². The van der Waals surface area contributed by atoms with Crippen LogP contribution in [0.3, 0.4) is 0 Å². The fourth-order valence-electron chi connectivity index (χ4n) is 2.85. The number of nitrogens with one attached hydrogen (secondary N) is 1. The first-order valence-corrected chi connectivity index (χ1v) is 8.08. The zero-order valence-electron chi connectivity index (χ0n) is 13.5. The van der Waals surface area contributed by atoms with Crippen molar-refractivity contribution in [1.29, 1.82) is 0 Å². The third-order valence-corrected chi connectivity index (χ3v) is 4.14. The molecular formula is C19H20FN3O. The van der Waals surface area contributed by atoms with Crippen molar-refractivity contribution in [3.8, 4) is 11.3 Å². The summed E-state index contributed by atoms with van der Waals surface area (Å²) in [4.78, 5) is 18.5. The van der Waals surface area contributed by atoms with Gasteiger partial charge in [-0.1, -0.05) is 12.6 Å². The van der Waals surface area contributed by atoms with Crippen LogP contribution in [0.25, 0.3) is 11.3 Å². The molecule has 2 aromatic rings. The van der Waals surface area contributed by atoms with Gasteiger partial charge in [0.15, 0.2) is 0 Å². The molecular weight excluding hydrogens is 305 g/mol. The molecule has 0 saturated carbocycles. The molecule has 0 spiro atoms. The largest absolute Gasteiger partial charge is 0.356 e. The van der Waals surface area contributed by atoms with Gasteiger partial charge in [-0.15, -0.1) is 0 Å². The molecule has 0 unspecified atom stereocenters. The molecule has 24 heavy (non-hydrogen) atoms.